The summed E-state index contributed by atoms with van der Waals surface area (Å²) in [6.45, 7) is 6.82. The first-order valence-corrected chi connectivity index (χ1v) is 8.24. The second-order valence-electron chi connectivity index (χ2n) is 5.85. The molecule has 0 spiro atoms. The van der Waals surface area contributed by atoms with Crippen molar-refractivity contribution >= 4 is 22.5 Å². The topological polar surface area (TPSA) is 58.6 Å². The minimum atomic E-state index is -0.880. The van der Waals surface area contributed by atoms with Gasteiger partial charge in [0.25, 0.3) is 0 Å². The van der Waals surface area contributed by atoms with Crippen LogP contribution >= 0.6 is 0 Å². The summed E-state index contributed by atoms with van der Waals surface area (Å²) in [4.78, 5) is 14.0. The Morgan fingerprint density at radius 1 is 1.43 bits per heavy atom. The third-order valence-corrected chi connectivity index (χ3v) is 5.58. The van der Waals surface area contributed by atoms with Crippen molar-refractivity contribution in [2.75, 3.05) is 31.3 Å². The number of rotatable bonds is 2. The Labute approximate surface area is 128 Å². The molecule has 1 saturated heterocycles. The normalized spacial score (nSPS) is 21.0. The van der Waals surface area contributed by atoms with Crippen LogP contribution in [-0.4, -0.2) is 45.8 Å². The van der Waals surface area contributed by atoms with Gasteiger partial charge in [0.15, 0.2) is 0 Å². The molecule has 1 aromatic carbocycles. The summed E-state index contributed by atoms with van der Waals surface area (Å²) in [5.41, 5.74) is 1.71. The number of benzene rings is 1. The van der Waals surface area contributed by atoms with Crippen molar-refractivity contribution in [1.82, 2.24) is 4.90 Å². The van der Waals surface area contributed by atoms with Crippen molar-refractivity contribution in [3.05, 3.63) is 23.8 Å². The highest BCUT2D eigenvalue weighted by atomic mass is 32.2. The highest BCUT2D eigenvalue weighted by Gasteiger charge is 2.35. The number of nitrogens with one attached hydrogen (secondary N) is 1. The van der Waals surface area contributed by atoms with Crippen LogP contribution in [0.1, 0.15) is 19.4 Å². The molecule has 116 valence electrons. The van der Waals surface area contributed by atoms with E-state index in [0.717, 1.165) is 17.0 Å². The highest BCUT2D eigenvalue weighted by Crippen LogP contribution is 2.23. The molecule has 1 aromatic rings. The van der Waals surface area contributed by atoms with Crippen LogP contribution in [0.5, 0.6) is 5.75 Å². The van der Waals surface area contributed by atoms with E-state index in [1.807, 2.05) is 39.0 Å². The average Bonchev–Trinajstić information content (AvgIpc) is 2.42. The smallest absolute Gasteiger partial charge is 0.321 e. The van der Waals surface area contributed by atoms with E-state index in [-0.39, 0.29) is 10.8 Å². The zero-order valence-corrected chi connectivity index (χ0v) is 13.8. The van der Waals surface area contributed by atoms with Gasteiger partial charge in [0.05, 0.1) is 11.9 Å². The van der Waals surface area contributed by atoms with E-state index in [4.69, 9.17) is 4.74 Å². The molecular weight excluding hydrogens is 288 g/mol. The SMILES string of the molecule is COc1ccc(NC(=O)N2CC[S@](=O)C(C)(C)C2)cc1C. The fourth-order valence-corrected chi connectivity index (χ4v) is 3.65. The molecular formula is C15H22N2O3S. The van der Waals surface area contributed by atoms with Crippen molar-refractivity contribution in [2.24, 2.45) is 0 Å². The van der Waals surface area contributed by atoms with Crippen LogP contribution in [0.2, 0.25) is 0 Å². The number of carbonyl (C=O) groups is 1. The minimum Gasteiger partial charge on any atom is -0.496 e. The molecule has 5 nitrogen and oxygen atoms in total. The number of anilines is 1. The number of amides is 2. The molecule has 0 unspecified atom stereocenters. The number of hydrogen-bond acceptors (Lipinski definition) is 3. The number of ether oxygens (including phenoxy) is 1. The average molecular weight is 310 g/mol. The quantitative estimate of drug-likeness (QED) is 0.912. The van der Waals surface area contributed by atoms with Gasteiger partial charge in [0, 0.05) is 35.3 Å². The predicted molar refractivity (Wildman–Crippen MR) is 85.4 cm³/mol. The van der Waals surface area contributed by atoms with Crippen LogP contribution < -0.4 is 10.1 Å². The van der Waals surface area contributed by atoms with E-state index >= 15 is 0 Å². The van der Waals surface area contributed by atoms with Crippen molar-refractivity contribution in [2.45, 2.75) is 25.5 Å². The van der Waals surface area contributed by atoms with Gasteiger partial charge in [0.2, 0.25) is 0 Å². The van der Waals surface area contributed by atoms with E-state index in [2.05, 4.69) is 5.32 Å². The van der Waals surface area contributed by atoms with E-state index in [0.29, 0.717) is 18.8 Å². The Morgan fingerprint density at radius 2 is 2.14 bits per heavy atom. The van der Waals surface area contributed by atoms with Gasteiger partial charge in [-0.05, 0) is 44.5 Å². The van der Waals surface area contributed by atoms with Gasteiger partial charge in [-0.1, -0.05) is 0 Å². The predicted octanol–water partition coefficient (Wildman–Crippen LogP) is 2.38. The number of urea groups is 1. The number of methoxy groups -OCH3 is 1. The summed E-state index contributed by atoms with van der Waals surface area (Å²) >= 11 is 0. The van der Waals surface area contributed by atoms with Crippen molar-refractivity contribution in [3.8, 4) is 5.75 Å². The zero-order valence-electron chi connectivity index (χ0n) is 12.9. The number of hydrogen-bond donors (Lipinski definition) is 1. The molecule has 6 heteroatoms. The first kappa shape index (κ1) is 15.8. The van der Waals surface area contributed by atoms with Crippen LogP contribution in [0.4, 0.5) is 10.5 Å². The zero-order chi connectivity index (χ0) is 15.6. The van der Waals surface area contributed by atoms with Gasteiger partial charge in [-0.15, -0.1) is 0 Å². The molecule has 1 fully saturated rings. The Balaban J connectivity index is 2.05. The van der Waals surface area contributed by atoms with Gasteiger partial charge in [-0.3, -0.25) is 4.21 Å². The summed E-state index contributed by atoms with van der Waals surface area (Å²) in [5.74, 6) is 1.32. The molecule has 2 rings (SSSR count). The Hall–Kier alpha value is -1.56. The second-order valence-corrected chi connectivity index (χ2v) is 8.05. The summed E-state index contributed by atoms with van der Waals surface area (Å²) in [7, 11) is 0.741. The molecule has 21 heavy (non-hydrogen) atoms. The fraction of sp³-hybridized carbons (Fsp3) is 0.533. The molecule has 1 atom stereocenters. The van der Waals surface area contributed by atoms with E-state index < -0.39 is 10.8 Å². The van der Waals surface area contributed by atoms with Gasteiger partial charge < -0.3 is 15.0 Å². The maximum Gasteiger partial charge on any atom is 0.321 e. The van der Waals surface area contributed by atoms with Gasteiger partial charge in [0.1, 0.15) is 5.75 Å². The first-order chi connectivity index (χ1) is 9.83. The van der Waals surface area contributed by atoms with E-state index in [9.17, 15) is 9.00 Å². The van der Waals surface area contributed by atoms with Gasteiger partial charge in [-0.25, -0.2) is 4.79 Å². The van der Waals surface area contributed by atoms with Crippen LogP contribution in [0.15, 0.2) is 18.2 Å². The van der Waals surface area contributed by atoms with Crippen molar-refractivity contribution < 1.29 is 13.7 Å². The summed E-state index contributed by atoms with van der Waals surface area (Å²) in [6, 6.07) is 5.38. The molecule has 1 aliphatic rings. The Bertz CT molecular complexity index is 572. The molecule has 1 heterocycles. The minimum absolute atomic E-state index is 0.149. The van der Waals surface area contributed by atoms with Crippen molar-refractivity contribution in [3.63, 3.8) is 0 Å². The highest BCUT2D eigenvalue weighted by molar-refractivity contribution is 7.86. The Morgan fingerprint density at radius 3 is 2.71 bits per heavy atom. The lowest BCUT2D eigenvalue weighted by molar-refractivity contribution is 0.207. The van der Waals surface area contributed by atoms with Gasteiger partial charge >= 0.3 is 6.03 Å². The molecule has 1 N–H and O–H groups in total. The lowest BCUT2D eigenvalue weighted by atomic mass is 10.2. The second kappa shape index (κ2) is 6.05. The number of aryl methyl sites for hydroxylation is 1. The van der Waals surface area contributed by atoms with E-state index in [1.165, 1.54) is 0 Å². The molecule has 1 aliphatic heterocycles. The van der Waals surface area contributed by atoms with E-state index in [1.54, 1.807) is 12.0 Å². The largest absolute Gasteiger partial charge is 0.496 e. The lowest BCUT2D eigenvalue weighted by Crippen LogP contribution is -2.53. The summed E-state index contributed by atoms with van der Waals surface area (Å²) < 4.78 is 16.7. The molecule has 2 amide bonds. The standard InChI is InChI=1S/C15H22N2O3S/c1-11-9-12(5-6-13(11)20-4)16-14(18)17-7-8-21(19)15(2,3)10-17/h5-6,9H,7-8,10H2,1-4H3,(H,16,18)/t21-/m0/s1. The maximum absolute atomic E-state index is 12.3. The Kier molecular flexibility index (Phi) is 4.56. The molecule has 0 aliphatic carbocycles. The van der Waals surface area contributed by atoms with Gasteiger partial charge in [-0.2, -0.15) is 0 Å². The first-order valence-electron chi connectivity index (χ1n) is 6.92. The monoisotopic (exact) mass is 310 g/mol. The number of nitrogens with zero attached hydrogens (tertiary/aromatic N) is 1. The van der Waals surface area contributed by atoms with Crippen LogP contribution in [0.25, 0.3) is 0 Å². The molecule has 0 saturated carbocycles. The molecule has 0 bridgehead atoms. The molecule has 0 radical (unpaired) electrons. The third kappa shape index (κ3) is 3.56. The summed E-state index contributed by atoms with van der Waals surface area (Å²) in [5, 5.41) is 2.89. The van der Waals surface area contributed by atoms with Crippen LogP contribution in [0.3, 0.4) is 0 Å². The maximum atomic E-state index is 12.3. The van der Waals surface area contributed by atoms with Crippen molar-refractivity contribution in [1.29, 1.82) is 0 Å². The lowest BCUT2D eigenvalue weighted by Gasteiger charge is -2.37. The third-order valence-electron chi connectivity index (χ3n) is 3.67. The number of carbonyl (C=O) groups excluding carboxylic acids is 1. The van der Waals surface area contributed by atoms with Crippen LogP contribution in [-0.2, 0) is 10.8 Å². The van der Waals surface area contributed by atoms with Crippen LogP contribution in [0, 0.1) is 6.92 Å². The summed E-state index contributed by atoms with van der Waals surface area (Å²) in [6.07, 6.45) is 0. The fourth-order valence-electron chi connectivity index (χ4n) is 2.41. The molecule has 0 aromatic heterocycles.